The fourth-order valence-corrected chi connectivity index (χ4v) is 2.72. The van der Waals surface area contributed by atoms with Gasteiger partial charge in [-0.05, 0) is 36.4 Å². The van der Waals surface area contributed by atoms with E-state index in [9.17, 15) is 4.79 Å². The van der Waals surface area contributed by atoms with Crippen LogP contribution < -0.4 is 14.2 Å². The van der Waals surface area contributed by atoms with Crippen LogP contribution in [-0.4, -0.2) is 45.2 Å². The molecule has 0 atom stereocenters. The second kappa shape index (κ2) is 8.49. The van der Waals surface area contributed by atoms with Crippen LogP contribution in [0, 0.1) is 0 Å². The number of nitrogens with zero attached hydrogens (tertiary/aromatic N) is 1. The molecule has 27 heavy (non-hydrogen) atoms. The minimum Gasteiger partial charge on any atom is -0.497 e. The summed E-state index contributed by atoms with van der Waals surface area (Å²) in [5, 5.41) is 0.923. The molecule has 0 fully saturated rings. The first-order valence-electron chi connectivity index (χ1n) is 8.65. The molecule has 0 bridgehead atoms. The number of ether oxygens (including phenoxy) is 3. The zero-order chi connectivity index (χ0) is 19.2. The molecule has 0 spiro atoms. The number of rotatable bonds is 8. The van der Waals surface area contributed by atoms with E-state index in [2.05, 4.69) is 0 Å². The van der Waals surface area contributed by atoms with E-state index in [1.807, 2.05) is 42.5 Å². The van der Waals surface area contributed by atoms with Crippen molar-refractivity contribution in [3.05, 3.63) is 54.3 Å². The third kappa shape index (κ3) is 4.53. The fraction of sp³-hybridized carbons (Fsp3) is 0.286. The van der Waals surface area contributed by atoms with Crippen molar-refractivity contribution < 1.29 is 23.4 Å². The number of hydrogen-bond donors (Lipinski definition) is 0. The van der Waals surface area contributed by atoms with E-state index < -0.39 is 0 Å². The molecule has 0 aliphatic heterocycles. The van der Waals surface area contributed by atoms with E-state index in [-0.39, 0.29) is 12.3 Å². The lowest BCUT2D eigenvalue weighted by molar-refractivity contribution is -0.129. The van der Waals surface area contributed by atoms with Gasteiger partial charge in [-0.2, -0.15) is 0 Å². The molecule has 0 aliphatic carbocycles. The minimum absolute atomic E-state index is 0.00634. The van der Waals surface area contributed by atoms with Gasteiger partial charge in [0.15, 0.2) is 0 Å². The number of hydrogen-bond acceptors (Lipinski definition) is 5. The molecule has 6 nitrogen and oxygen atoms in total. The Labute approximate surface area is 158 Å². The number of carbonyl (C=O) groups is 1. The average Bonchev–Trinajstić information content (AvgIpc) is 3.10. The van der Waals surface area contributed by atoms with Crippen LogP contribution in [0.25, 0.3) is 11.0 Å². The van der Waals surface area contributed by atoms with E-state index >= 15 is 0 Å². The minimum atomic E-state index is 0.00634. The monoisotopic (exact) mass is 369 g/mol. The highest BCUT2D eigenvalue weighted by molar-refractivity contribution is 5.88. The van der Waals surface area contributed by atoms with Crippen molar-refractivity contribution in [2.24, 2.45) is 0 Å². The molecule has 6 heteroatoms. The summed E-state index contributed by atoms with van der Waals surface area (Å²) in [6.07, 6.45) is 1.90. The quantitative estimate of drug-likeness (QED) is 0.608. The molecule has 0 saturated heterocycles. The van der Waals surface area contributed by atoms with E-state index in [1.165, 1.54) is 0 Å². The van der Waals surface area contributed by atoms with Crippen LogP contribution >= 0.6 is 0 Å². The van der Waals surface area contributed by atoms with Gasteiger partial charge in [-0.25, -0.2) is 0 Å². The molecular weight excluding hydrogens is 346 g/mol. The van der Waals surface area contributed by atoms with Crippen molar-refractivity contribution >= 4 is 16.9 Å². The first-order valence-corrected chi connectivity index (χ1v) is 8.65. The molecule has 1 aromatic heterocycles. The molecule has 0 saturated carbocycles. The predicted molar refractivity (Wildman–Crippen MR) is 103 cm³/mol. The zero-order valence-electron chi connectivity index (χ0n) is 15.7. The summed E-state index contributed by atoms with van der Waals surface area (Å²) >= 11 is 0. The second-order valence-corrected chi connectivity index (χ2v) is 6.14. The van der Waals surface area contributed by atoms with E-state index in [1.54, 1.807) is 32.4 Å². The predicted octanol–water partition coefficient (Wildman–Crippen LogP) is 3.53. The molecule has 0 radical (unpaired) electrons. The molecule has 3 rings (SSSR count). The number of methoxy groups -OCH3 is 2. The second-order valence-electron chi connectivity index (χ2n) is 6.14. The molecule has 3 aromatic rings. The first-order chi connectivity index (χ1) is 13.1. The van der Waals surface area contributed by atoms with Crippen molar-refractivity contribution in [1.82, 2.24) is 4.90 Å². The van der Waals surface area contributed by atoms with Crippen molar-refractivity contribution in [3.63, 3.8) is 0 Å². The van der Waals surface area contributed by atoms with Gasteiger partial charge in [0.05, 0.1) is 33.4 Å². The Bertz CT molecular complexity index is 901. The van der Waals surface area contributed by atoms with Gasteiger partial charge in [0.2, 0.25) is 5.91 Å². The Morgan fingerprint density at radius 3 is 2.37 bits per heavy atom. The van der Waals surface area contributed by atoms with Gasteiger partial charge in [0, 0.05) is 24.1 Å². The SMILES string of the molecule is COc1ccc(OCCN(C)C(=O)Cc2coc3cc(OC)ccc23)cc1. The van der Waals surface area contributed by atoms with Crippen LogP contribution in [0.3, 0.4) is 0 Å². The van der Waals surface area contributed by atoms with Crippen LogP contribution in [0.4, 0.5) is 0 Å². The van der Waals surface area contributed by atoms with Crippen molar-refractivity contribution in [3.8, 4) is 17.2 Å². The van der Waals surface area contributed by atoms with Gasteiger partial charge in [-0.15, -0.1) is 0 Å². The summed E-state index contributed by atoms with van der Waals surface area (Å²) in [5.74, 6) is 2.25. The van der Waals surface area contributed by atoms with Crippen LogP contribution in [0.1, 0.15) is 5.56 Å². The molecule has 2 aromatic carbocycles. The summed E-state index contributed by atoms with van der Waals surface area (Å²) < 4.78 is 21.5. The first kappa shape index (κ1) is 18.6. The highest BCUT2D eigenvalue weighted by Gasteiger charge is 2.14. The van der Waals surface area contributed by atoms with Gasteiger partial charge in [0.1, 0.15) is 29.4 Å². The number of amides is 1. The highest BCUT2D eigenvalue weighted by atomic mass is 16.5. The maximum Gasteiger partial charge on any atom is 0.226 e. The summed E-state index contributed by atoms with van der Waals surface area (Å²) in [7, 11) is 5.00. The van der Waals surface area contributed by atoms with Gasteiger partial charge in [-0.3, -0.25) is 4.79 Å². The lowest BCUT2D eigenvalue weighted by atomic mass is 10.1. The molecule has 0 unspecified atom stereocenters. The van der Waals surface area contributed by atoms with Crippen molar-refractivity contribution in [1.29, 1.82) is 0 Å². The van der Waals surface area contributed by atoms with Crippen LogP contribution in [-0.2, 0) is 11.2 Å². The van der Waals surface area contributed by atoms with E-state index in [4.69, 9.17) is 18.6 Å². The molecule has 1 heterocycles. The van der Waals surface area contributed by atoms with Crippen LogP contribution in [0.5, 0.6) is 17.2 Å². The molecule has 0 aliphatic rings. The van der Waals surface area contributed by atoms with Gasteiger partial charge in [-0.1, -0.05) is 0 Å². The van der Waals surface area contributed by atoms with E-state index in [0.717, 1.165) is 28.2 Å². The number of carbonyl (C=O) groups excluding carboxylic acids is 1. The highest BCUT2D eigenvalue weighted by Crippen LogP contribution is 2.26. The Morgan fingerprint density at radius 2 is 1.67 bits per heavy atom. The molecule has 142 valence electrons. The summed E-state index contributed by atoms with van der Waals surface area (Å²) in [6, 6.07) is 12.9. The summed E-state index contributed by atoms with van der Waals surface area (Å²) in [5.41, 5.74) is 1.57. The number of likely N-dealkylation sites (N-methyl/N-ethyl adjacent to an activating group) is 1. The molecule has 0 N–H and O–H groups in total. The largest absolute Gasteiger partial charge is 0.497 e. The number of benzene rings is 2. The molecular formula is C21H23NO5. The maximum absolute atomic E-state index is 12.5. The normalized spacial score (nSPS) is 10.6. The lowest BCUT2D eigenvalue weighted by Gasteiger charge is -2.17. The van der Waals surface area contributed by atoms with Crippen molar-refractivity contribution in [2.45, 2.75) is 6.42 Å². The third-order valence-corrected chi connectivity index (χ3v) is 4.39. The van der Waals surface area contributed by atoms with E-state index in [0.29, 0.717) is 18.7 Å². The summed E-state index contributed by atoms with van der Waals surface area (Å²) in [4.78, 5) is 14.1. The lowest BCUT2D eigenvalue weighted by Crippen LogP contribution is -2.32. The topological polar surface area (TPSA) is 61.1 Å². The number of fused-ring (bicyclic) bond motifs is 1. The standard InChI is InChI=1S/C21H23NO5/c1-22(10-11-26-17-6-4-16(24-2)5-7-17)21(23)12-15-14-27-20-13-18(25-3)8-9-19(15)20/h4-9,13-14H,10-12H2,1-3H3. The van der Waals surface area contributed by atoms with Gasteiger partial charge < -0.3 is 23.5 Å². The van der Waals surface area contributed by atoms with Crippen LogP contribution in [0.15, 0.2) is 53.1 Å². The fourth-order valence-electron chi connectivity index (χ4n) is 2.72. The van der Waals surface area contributed by atoms with Crippen molar-refractivity contribution in [2.75, 3.05) is 34.4 Å². The zero-order valence-corrected chi connectivity index (χ0v) is 15.7. The molecule has 1 amide bonds. The Hall–Kier alpha value is -3.15. The van der Waals surface area contributed by atoms with Crippen LogP contribution in [0.2, 0.25) is 0 Å². The number of furan rings is 1. The maximum atomic E-state index is 12.5. The van der Waals surface area contributed by atoms with Gasteiger partial charge in [0.25, 0.3) is 0 Å². The summed E-state index contributed by atoms with van der Waals surface area (Å²) in [6.45, 7) is 0.909. The van der Waals surface area contributed by atoms with Gasteiger partial charge >= 0.3 is 0 Å². The third-order valence-electron chi connectivity index (χ3n) is 4.39. The average molecular weight is 369 g/mol. The Morgan fingerprint density at radius 1 is 1.00 bits per heavy atom. The Balaban J connectivity index is 1.53. The smallest absolute Gasteiger partial charge is 0.226 e. The Kier molecular flexibility index (Phi) is 5.86.